The van der Waals surface area contributed by atoms with Gasteiger partial charge in [0.05, 0.1) is 6.07 Å². The Morgan fingerprint density at radius 1 is 1.60 bits per heavy atom. The normalized spacial score (nSPS) is 15.9. The van der Waals surface area contributed by atoms with Crippen LogP contribution in [0.1, 0.15) is 33.6 Å². The summed E-state index contributed by atoms with van der Waals surface area (Å²) in [5.41, 5.74) is 3.95. The molecule has 2 amide bonds. The number of nitrogens with zero attached hydrogens (tertiary/aromatic N) is 1. The van der Waals surface area contributed by atoms with Crippen LogP contribution in [0.15, 0.2) is 0 Å². The Labute approximate surface area is 89.6 Å². The number of hydrogen-bond acceptors (Lipinski definition) is 3. The van der Waals surface area contributed by atoms with E-state index in [1.165, 1.54) is 0 Å². The van der Waals surface area contributed by atoms with E-state index >= 15 is 0 Å². The highest BCUT2D eigenvalue weighted by Crippen LogP contribution is 2.19. The predicted octanol–water partition coefficient (Wildman–Crippen LogP) is 0.306. The standard InChI is InChI=1S/C10H17N3O2/c1-4-10(3,6-11)9(15)13-7(2)5-8(12)14/h7H,4-5H2,1-3H3,(H2,12,14)(H,13,15). The van der Waals surface area contributed by atoms with Gasteiger partial charge in [0.25, 0.3) is 0 Å². The van der Waals surface area contributed by atoms with Gasteiger partial charge in [0.15, 0.2) is 0 Å². The first kappa shape index (κ1) is 13.4. The molecule has 5 heteroatoms. The molecule has 0 aromatic heterocycles. The van der Waals surface area contributed by atoms with E-state index in [4.69, 9.17) is 11.0 Å². The third kappa shape index (κ3) is 3.98. The molecule has 0 bridgehead atoms. The molecule has 3 N–H and O–H groups in total. The maximum Gasteiger partial charge on any atom is 0.240 e. The van der Waals surface area contributed by atoms with E-state index in [-0.39, 0.29) is 18.4 Å². The molecule has 0 saturated carbocycles. The Morgan fingerprint density at radius 2 is 2.13 bits per heavy atom. The van der Waals surface area contributed by atoms with Crippen molar-refractivity contribution in [3.8, 4) is 6.07 Å². The van der Waals surface area contributed by atoms with Gasteiger partial charge in [-0.1, -0.05) is 6.92 Å². The molecule has 2 atom stereocenters. The van der Waals surface area contributed by atoms with E-state index in [0.717, 1.165) is 0 Å². The Kier molecular flexibility index (Phi) is 4.79. The summed E-state index contributed by atoms with van der Waals surface area (Å²) in [5.74, 6) is -0.834. The fraction of sp³-hybridized carbons (Fsp3) is 0.700. The molecule has 0 spiro atoms. The molecular formula is C10H17N3O2. The van der Waals surface area contributed by atoms with Crippen molar-refractivity contribution >= 4 is 11.8 Å². The first-order valence-electron chi connectivity index (χ1n) is 4.86. The summed E-state index contributed by atoms with van der Waals surface area (Å²) in [4.78, 5) is 22.2. The molecule has 0 aliphatic heterocycles. The lowest BCUT2D eigenvalue weighted by Gasteiger charge is -2.21. The van der Waals surface area contributed by atoms with Crippen molar-refractivity contribution in [3.63, 3.8) is 0 Å². The van der Waals surface area contributed by atoms with Gasteiger partial charge in [-0.05, 0) is 20.3 Å². The van der Waals surface area contributed by atoms with E-state index in [1.54, 1.807) is 20.8 Å². The number of hydrogen-bond donors (Lipinski definition) is 2. The van der Waals surface area contributed by atoms with E-state index in [0.29, 0.717) is 6.42 Å². The number of carbonyl (C=O) groups excluding carboxylic acids is 2. The van der Waals surface area contributed by atoms with Crippen molar-refractivity contribution in [1.29, 1.82) is 5.26 Å². The number of amides is 2. The van der Waals surface area contributed by atoms with Gasteiger partial charge in [0.2, 0.25) is 11.8 Å². The van der Waals surface area contributed by atoms with Crippen LogP contribution in [0.5, 0.6) is 0 Å². The van der Waals surface area contributed by atoms with Crippen molar-refractivity contribution in [1.82, 2.24) is 5.32 Å². The van der Waals surface area contributed by atoms with E-state index in [2.05, 4.69) is 5.32 Å². The second-order valence-corrected chi connectivity index (χ2v) is 3.84. The van der Waals surface area contributed by atoms with Crippen molar-refractivity contribution in [2.75, 3.05) is 0 Å². The van der Waals surface area contributed by atoms with Gasteiger partial charge < -0.3 is 11.1 Å². The zero-order chi connectivity index (χ0) is 12.1. The van der Waals surface area contributed by atoms with E-state index in [1.807, 2.05) is 6.07 Å². The SMILES string of the molecule is CCC(C)(C#N)C(=O)NC(C)CC(N)=O. The smallest absolute Gasteiger partial charge is 0.240 e. The summed E-state index contributed by atoms with van der Waals surface area (Å²) in [6.45, 7) is 5.01. The monoisotopic (exact) mass is 211 g/mol. The summed E-state index contributed by atoms with van der Waals surface area (Å²) >= 11 is 0. The lowest BCUT2D eigenvalue weighted by atomic mass is 9.88. The first-order chi connectivity index (χ1) is 6.85. The van der Waals surface area contributed by atoms with Gasteiger partial charge in [-0.15, -0.1) is 0 Å². The van der Waals surface area contributed by atoms with Gasteiger partial charge in [-0.2, -0.15) is 5.26 Å². The highest BCUT2D eigenvalue weighted by molar-refractivity contribution is 5.85. The van der Waals surface area contributed by atoms with Gasteiger partial charge in [-0.25, -0.2) is 0 Å². The quantitative estimate of drug-likeness (QED) is 0.684. The number of primary amides is 1. The summed E-state index contributed by atoms with van der Waals surface area (Å²) in [6.07, 6.45) is 0.510. The molecule has 0 aromatic rings. The van der Waals surface area contributed by atoms with Gasteiger partial charge in [0.1, 0.15) is 5.41 Å². The molecule has 0 aromatic carbocycles. The molecule has 0 aliphatic rings. The number of nitriles is 1. The second-order valence-electron chi connectivity index (χ2n) is 3.84. The van der Waals surface area contributed by atoms with Crippen LogP contribution < -0.4 is 11.1 Å². The number of nitrogens with one attached hydrogen (secondary N) is 1. The lowest BCUT2D eigenvalue weighted by molar-refractivity contribution is -0.128. The van der Waals surface area contributed by atoms with E-state index in [9.17, 15) is 9.59 Å². The third-order valence-electron chi connectivity index (χ3n) is 2.34. The lowest BCUT2D eigenvalue weighted by Crippen LogP contribution is -2.43. The van der Waals surface area contributed by atoms with Crippen LogP contribution in [0.25, 0.3) is 0 Å². The predicted molar refractivity (Wildman–Crippen MR) is 55.4 cm³/mol. The number of nitrogens with two attached hydrogens (primary N) is 1. The first-order valence-corrected chi connectivity index (χ1v) is 4.86. The largest absolute Gasteiger partial charge is 0.370 e. The van der Waals surface area contributed by atoms with Crippen molar-refractivity contribution in [2.24, 2.45) is 11.1 Å². The Hall–Kier alpha value is -1.57. The van der Waals surface area contributed by atoms with Crippen LogP contribution in [-0.2, 0) is 9.59 Å². The zero-order valence-corrected chi connectivity index (χ0v) is 9.33. The third-order valence-corrected chi connectivity index (χ3v) is 2.34. The Balaban J connectivity index is 4.37. The van der Waals surface area contributed by atoms with Gasteiger partial charge in [-0.3, -0.25) is 9.59 Å². The molecule has 0 rings (SSSR count). The molecule has 2 unspecified atom stereocenters. The van der Waals surface area contributed by atoms with E-state index < -0.39 is 11.3 Å². The van der Waals surface area contributed by atoms with Crippen LogP contribution in [0.2, 0.25) is 0 Å². The summed E-state index contributed by atoms with van der Waals surface area (Å²) < 4.78 is 0. The zero-order valence-electron chi connectivity index (χ0n) is 9.33. The number of rotatable bonds is 5. The van der Waals surface area contributed by atoms with Crippen molar-refractivity contribution < 1.29 is 9.59 Å². The van der Waals surface area contributed by atoms with Gasteiger partial charge in [0, 0.05) is 12.5 Å². The molecule has 0 radical (unpaired) electrons. The summed E-state index contributed by atoms with van der Waals surface area (Å²) in [5, 5.41) is 11.4. The molecule has 0 saturated heterocycles. The van der Waals surface area contributed by atoms with Crippen LogP contribution >= 0.6 is 0 Å². The molecule has 0 heterocycles. The topological polar surface area (TPSA) is 96.0 Å². The average molecular weight is 211 g/mol. The van der Waals surface area contributed by atoms with Crippen LogP contribution in [0.4, 0.5) is 0 Å². The molecule has 0 aliphatic carbocycles. The van der Waals surface area contributed by atoms with Crippen molar-refractivity contribution in [3.05, 3.63) is 0 Å². The van der Waals surface area contributed by atoms with Gasteiger partial charge >= 0.3 is 0 Å². The Bertz CT molecular complexity index is 296. The number of carbonyl (C=O) groups is 2. The molecule has 0 fully saturated rings. The maximum absolute atomic E-state index is 11.6. The summed E-state index contributed by atoms with van der Waals surface area (Å²) in [7, 11) is 0. The Morgan fingerprint density at radius 3 is 2.47 bits per heavy atom. The molecule has 15 heavy (non-hydrogen) atoms. The highest BCUT2D eigenvalue weighted by Gasteiger charge is 2.31. The fourth-order valence-corrected chi connectivity index (χ4v) is 1.03. The average Bonchev–Trinajstić information content (AvgIpc) is 2.15. The summed E-state index contributed by atoms with van der Waals surface area (Å²) in [6, 6.07) is 1.62. The molecule has 84 valence electrons. The van der Waals surface area contributed by atoms with Crippen LogP contribution in [0, 0.1) is 16.7 Å². The molecule has 5 nitrogen and oxygen atoms in total. The van der Waals surface area contributed by atoms with Crippen LogP contribution in [-0.4, -0.2) is 17.9 Å². The second kappa shape index (κ2) is 5.35. The van der Waals surface area contributed by atoms with Crippen LogP contribution in [0.3, 0.4) is 0 Å². The molecular weight excluding hydrogens is 194 g/mol. The minimum Gasteiger partial charge on any atom is -0.370 e. The minimum atomic E-state index is -1.04. The maximum atomic E-state index is 11.6. The van der Waals surface area contributed by atoms with Crippen molar-refractivity contribution in [2.45, 2.75) is 39.7 Å². The minimum absolute atomic E-state index is 0.0803. The highest BCUT2D eigenvalue weighted by atomic mass is 16.2. The fourth-order valence-electron chi connectivity index (χ4n) is 1.03.